The van der Waals surface area contributed by atoms with Crippen molar-refractivity contribution in [2.75, 3.05) is 13.1 Å². The monoisotopic (exact) mass is 535 g/mol. The molecule has 10 heteroatoms. The summed E-state index contributed by atoms with van der Waals surface area (Å²) in [6, 6.07) is 8.16. The standard InChI is InChI=1S/C27H29N5O3S2/c1-16-6-5-7-19(14-16)22-21(30-23(37-22)18-9-10-18)24(33)31-11-4-3-8-20(31)15-28-27(34)35-25-17(2)29-26-32(25)12-13-36-26/h5-7,12-14,18,20H,3-4,8-11,15H2,1-2H3,(H,28,34)/t20-/m0/s1. The summed E-state index contributed by atoms with van der Waals surface area (Å²) in [5, 5.41) is 5.85. The Bertz CT molecular complexity index is 1470. The predicted molar refractivity (Wildman–Crippen MR) is 145 cm³/mol. The van der Waals surface area contributed by atoms with Crippen LogP contribution >= 0.6 is 22.7 Å². The molecule has 4 heterocycles. The fourth-order valence-corrected chi connectivity index (χ4v) is 6.88. The summed E-state index contributed by atoms with van der Waals surface area (Å²) < 4.78 is 7.36. The number of hydrogen-bond acceptors (Lipinski definition) is 7. The minimum atomic E-state index is -0.542. The summed E-state index contributed by atoms with van der Waals surface area (Å²) in [5.41, 5.74) is 3.40. The Morgan fingerprint density at radius 3 is 2.84 bits per heavy atom. The Hall–Kier alpha value is -3.24. The highest BCUT2D eigenvalue weighted by molar-refractivity contribution is 7.15. The van der Waals surface area contributed by atoms with E-state index in [0.29, 0.717) is 36.3 Å². The first-order valence-electron chi connectivity index (χ1n) is 12.7. The second-order valence-electron chi connectivity index (χ2n) is 9.85. The SMILES string of the molecule is Cc1cccc(-c2sc(C3CC3)nc2C(=O)N2CCCC[C@H]2CNC(=O)Oc2c(C)nc3sccn23)c1. The highest BCUT2D eigenvalue weighted by Crippen LogP contribution is 2.45. The van der Waals surface area contributed by atoms with Crippen LogP contribution in [0.1, 0.15) is 64.8 Å². The third kappa shape index (κ3) is 4.87. The van der Waals surface area contributed by atoms with Gasteiger partial charge in [0, 0.05) is 36.6 Å². The normalized spacial score (nSPS) is 17.8. The molecular weight excluding hydrogens is 506 g/mol. The summed E-state index contributed by atoms with van der Waals surface area (Å²) in [6.45, 7) is 4.86. The Morgan fingerprint density at radius 1 is 1.16 bits per heavy atom. The summed E-state index contributed by atoms with van der Waals surface area (Å²) in [7, 11) is 0. The predicted octanol–water partition coefficient (Wildman–Crippen LogP) is 5.80. The summed E-state index contributed by atoms with van der Waals surface area (Å²) in [6.07, 6.45) is 6.35. The molecule has 1 aliphatic carbocycles. The smallest absolute Gasteiger partial charge is 0.391 e. The quantitative estimate of drug-likeness (QED) is 0.337. The lowest BCUT2D eigenvalue weighted by Crippen LogP contribution is -2.50. The van der Waals surface area contributed by atoms with E-state index in [-0.39, 0.29) is 11.9 Å². The Balaban J connectivity index is 1.19. The molecule has 1 aromatic carbocycles. The van der Waals surface area contributed by atoms with Crippen LogP contribution in [0.25, 0.3) is 15.4 Å². The van der Waals surface area contributed by atoms with Gasteiger partial charge in [-0.15, -0.1) is 22.7 Å². The maximum absolute atomic E-state index is 13.9. The maximum atomic E-state index is 13.9. The number of piperidine rings is 1. The maximum Gasteiger partial charge on any atom is 0.414 e. The van der Waals surface area contributed by atoms with Crippen molar-refractivity contribution in [3.05, 3.63) is 57.8 Å². The molecule has 8 nitrogen and oxygen atoms in total. The van der Waals surface area contributed by atoms with Crippen molar-refractivity contribution in [2.45, 2.75) is 57.9 Å². The number of aromatic nitrogens is 3. The lowest BCUT2D eigenvalue weighted by Gasteiger charge is -2.35. The molecule has 37 heavy (non-hydrogen) atoms. The molecule has 0 spiro atoms. The fourth-order valence-electron chi connectivity index (χ4n) is 4.91. The molecule has 2 aliphatic rings. The van der Waals surface area contributed by atoms with Crippen LogP contribution in [-0.2, 0) is 0 Å². The minimum Gasteiger partial charge on any atom is -0.391 e. The highest BCUT2D eigenvalue weighted by Gasteiger charge is 2.34. The van der Waals surface area contributed by atoms with Gasteiger partial charge in [-0.05, 0) is 51.5 Å². The molecule has 0 unspecified atom stereocenters. The topological polar surface area (TPSA) is 88.8 Å². The van der Waals surface area contributed by atoms with Crippen LogP contribution in [0.4, 0.5) is 4.79 Å². The number of imidazole rings is 1. The van der Waals surface area contributed by atoms with E-state index in [1.165, 1.54) is 11.3 Å². The molecule has 2 fully saturated rings. The highest BCUT2D eigenvalue weighted by atomic mass is 32.1. The van der Waals surface area contributed by atoms with Crippen LogP contribution in [0.5, 0.6) is 5.88 Å². The molecule has 6 rings (SSSR count). The molecule has 1 atom stereocenters. The lowest BCUT2D eigenvalue weighted by atomic mass is 10.0. The number of rotatable bonds is 6. The molecule has 1 N–H and O–H groups in total. The van der Waals surface area contributed by atoms with Crippen LogP contribution in [0.2, 0.25) is 0 Å². The van der Waals surface area contributed by atoms with E-state index in [2.05, 4.69) is 35.4 Å². The van der Waals surface area contributed by atoms with Crippen molar-refractivity contribution in [2.24, 2.45) is 0 Å². The number of ether oxygens (including phenoxy) is 1. The molecule has 4 aromatic rings. The third-order valence-corrected chi connectivity index (χ3v) is 9.02. The number of hydrogen-bond donors (Lipinski definition) is 1. The van der Waals surface area contributed by atoms with Gasteiger partial charge in [0.05, 0.1) is 9.88 Å². The van der Waals surface area contributed by atoms with Crippen LogP contribution < -0.4 is 10.1 Å². The molecule has 192 valence electrons. The summed E-state index contributed by atoms with van der Waals surface area (Å²) in [4.78, 5) is 39.5. The van der Waals surface area contributed by atoms with E-state index >= 15 is 0 Å². The molecular formula is C27H29N5O3S2. The zero-order valence-corrected chi connectivity index (χ0v) is 22.5. The van der Waals surface area contributed by atoms with Crippen molar-refractivity contribution in [3.63, 3.8) is 0 Å². The van der Waals surface area contributed by atoms with Crippen LogP contribution in [-0.4, -0.2) is 50.4 Å². The first-order valence-corrected chi connectivity index (χ1v) is 14.4. The molecule has 0 radical (unpaired) electrons. The largest absolute Gasteiger partial charge is 0.414 e. The first kappa shape index (κ1) is 24.1. The van der Waals surface area contributed by atoms with Gasteiger partial charge in [-0.1, -0.05) is 29.8 Å². The molecule has 0 bridgehead atoms. The Morgan fingerprint density at radius 2 is 2.03 bits per heavy atom. The third-order valence-electron chi connectivity index (χ3n) is 6.99. The van der Waals surface area contributed by atoms with Crippen molar-refractivity contribution >= 4 is 39.6 Å². The van der Waals surface area contributed by atoms with Gasteiger partial charge in [0.15, 0.2) is 4.96 Å². The van der Waals surface area contributed by atoms with Gasteiger partial charge in [0.2, 0.25) is 5.88 Å². The van der Waals surface area contributed by atoms with Gasteiger partial charge in [-0.3, -0.25) is 9.20 Å². The molecule has 3 aromatic heterocycles. The number of nitrogens with zero attached hydrogens (tertiary/aromatic N) is 4. The molecule has 2 amide bonds. The number of amides is 2. The van der Waals surface area contributed by atoms with Gasteiger partial charge in [0.25, 0.3) is 5.91 Å². The Labute approximate surface area is 223 Å². The number of fused-ring (bicyclic) bond motifs is 1. The zero-order chi connectivity index (χ0) is 25.5. The average Bonchev–Trinajstić information content (AvgIpc) is 3.36. The number of carbonyl (C=O) groups is 2. The number of aryl methyl sites for hydroxylation is 2. The number of benzene rings is 1. The van der Waals surface area contributed by atoms with E-state index < -0.39 is 6.09 Å². The molecule has 1 saturated carbocycles. The van der Waals surface area contributed by atoms with Crippen molar-refractivity contribution in [1.82, 2.24) is 24.6 Å². The van der Waals surface area contributed by atoms with Gasteiger partial charge in [-0.2, -0.15) is 0 Å². The van der Waals surface area contributed by atoms with Crippen LogP contribution in [0, 0.1) is 13.8 Å². The molecule has 1 aliphatic heterocycles. The van der Waals surface area contributed by atoms with Gasteiger partial charge in [0.1, 0.15) is 11.4 Å². The second-order valence-corrected chi connectivity index (χ2v) is 11.8. The summed E-state index contributed by atoms with van der Waals surface area (Å²) >= 11 is 3.14. The average molecular weight is 536 g/mol. The van der Waals surface area contributed by atoms with Crippen molar-refractivity contribution in [1.29, 1.82) is 0 Å². The van der Waals surface area contributed by atoms with E-state index in [1.54, 1.807) is 15.7 Å². The van der Waals surface area contributed by atoms with Gasteiger partial charge in [-0.25, -0.2) is 14.8 Å². The van der Waals surface area contributed by atoms with Gasteiger partial charge < -0.3 is 15.0 Å². The summed E-state index contributed by atoms with van der Waals surface area (Å²) in [5.74, 6) is 0.847. The number of likely N-dealkylation sites (tertiary alicyclic amines) is 1. The minimum absolute atomic E-state index is 0.0499. The fraction of sp³-hybridized carbons (Fsp3) is 0.407. The Kier molecular flexibility index (Phi) is 6.46. The van der Waals surface area contributed by atoms with Gasteiger partial charge >= 0.3 is 6.09 Å². The van der Waals surface area contributed by atoms with Crippen LogP contribution in [0.15, 0.2) is 35.8 Å². The lowest BCUT2D eigenvalue weighted by molar-refractivity contribution is 0.0607. The first-order chi connectivity index (χ1) is 18.0. The van der Waals surface area contributed by atoms with Crippen LogP contribution in [0.3, 0.4) is 0 Å². The van der Waals surface area contributed by atoms with Crippen molar-refractivity contribution < 1.29 is 14.3 Å². The van der Waals surface area contributed by atoms with E-state index in [4.69, 9.17) is 9.72 Å². The number of nitrogens with one attached hydrogen (secondary N) is 1. The van der Waals surface area contributed by atoms with Crippen molar-refractivity contribution in [3.8, 4) is 16.3 Å². The van der Waals surface area contributed by atoms with E-state index in [0.717, 1.165) is 58.1 Å². The molecule has 1 saturated heterocycles. The number of thiazole rings is 2. The van der Waals surface area contributed by atoms with E-state index in [9.17, 15) is 9.59 Å². The number of carbonyl (C=O) groups excluding carboxylic acids is 2. The van der Waals surface area contributed by atoms with E-state index in [1.807, 2.05) is 29.5 Å². The second kappa shape index (κ2) is 9.90. The zero-order valence-electron chi connectivity index (χ0n) is 20.9.